The lowest BCUT2D eigenvalue weighted by Gasteiger charge is -2.10. The Morgan fingerprint density at radius 3 is 2.93 bits per heavy atom. The van der Waals surface area contributed by atoms with E-state index in [4.69, 9.17) is 16.1 Å². The predicted molar refractivity (Wildman–Crippen MR) is 120 cm³/mol. The zero-order chi connectivity index (χ0) is 20.8. The number of nitrogens with one attached hydrogen (secondary N) is 3. The van der Waals surface area contributed by atoms with Crippen LogP contribution in [-0.4, -0.2) is 34.2 Å². The monoisotopic (exact) mass is 422 g/mol. The fourth-order valence-corrected chi connectivity index (χ4v) is 3.40. The molecule has 30 heavy (non-hydrogen) atoms. The van der Waals surface area contributed by atoms with Gasteiger partial charge in [-0.2, -0.15) is 4.98 Å². The number of aromatic amines is 1. The summed E-state index contributed by atoms with van der Waals surface area (Å²) in [7, 11) is 0. The Kier molecular flexibility index (Phi) is 6.29. The summed E-state index contributed by atoms with van der Waals surface area (Å²) in [5, 5.41) is 12.5. The lowest BCUT2D eigenvalue weighted by atomic mass is 10.1. The number of rotatable bonds is 7. The van der Waals surface area contributed by atoms with Gasteiger partial charge in [0, 0.05) is 40.8 Å². The van der Waals surface area contributed by atoms with Crippen LogP contribution in [0.5, 0.6) is 0 Å². The Bertz CT molecular complexity index is 1150. The molecule has 2 aromatic heterocycles. The quantitative estimate of drug-likeness (QED) is 0.307. The number of halogens is 1. The summed E-state index contributed by atoms with van der Waals surface area (Å²) in [5.74, 6) is 1.65. The first-order chi connectivity index (χ1) is 14.7. The summed E-state index contributed by atoms with van der Waals surface area (Å²) in [6, 6.07) is 15.7. The van der Waals surface area contributed by atoms with E-state index in [1.165, 1.54) is 10.9 Å². The number of aromatic nitrogens is 3. The maximum Gasteiger partial charge on any atom is 0.248 e. The van der Waals surface area contributed by atoms with Crippen LogP contribution in [0.2, 0.25) is 5.02 Å². The second-order valence-electron chi connectivity index (χ2n) is 6.75. The van der Waals surface area contributed by atoms with Crippen LogP contribution in [0.15, 0.2) is 64.2 Å². The Balaban J connectivity index is 1.37. The molecule has 7 nitrogen and oxygen atoms in total. The van der Waals surface area contributed by atoms with E-state index in [1.807, 2.05) is 25.1 Å². The molecule has 0 fully saturated rings. The van der Waals surface area contributed by atoms with E-state index in [1.54, 1.807) is 12.1 Å². The minimum absolute atomic E-state index is 0.288. The summed E-state index contributed by atoms with van der Waals surface area (Å²) in [6.45, 7) is 3.83. The van der Waals surface area contributed by atoms with E-state index in [0.717, 1.165) is 30.6 Å². The summed E-state index contributed by atoms with van der Waals surface area (Å²) in [6.07, 6.45) is 2.94. The van der Waals surface area contributed by atoms with Crippen molar-refractivity contribution in [3.8, 4) is 11.4 Å². The van der Waals surface area contributed by atoms with Crippen LogP contribution < -0.4 is 10.6 Å². The van der Waals surface area contributed by atoms with Gasteiger partial charge in [-0.25, -0.2) is 4.99 Å². The maximum absolute atomic E-state index is 6.03. The highest BCUT2D eigenvalue weighted by atomic mass is 35.5. The lowest BCUT2D eigenvalue weighted by Crippen LogP contribution is -2.38. The minimum Gasteiger partial charge on any atom is -0.361 e. The molecule has 0 aliphatic carbocycles. The van der Waals surface area contributed by atoms with Gasteiger partial charge in [-0.05, 0) is 37.1 Å². The van der Waals surface area contributed by atoms with Crippen molar-refractivity contribution < 1.29 is 4.52 Å². The third kappa shape index (κ3) is 4.80. The maximum atomic E-state index is 6.03. The fraction of sp³-hybridized carbons (Fsp3) is 0.227. The Labute approximate surface area is 179 Å². The van der Waals surface area contributed by atoms with E-state index < -0.39 is 0 Å². The highest BCUT2D eigenvalue weighted by Gasteiger charge is 2.09. The number of para-hydroxylation sites is 1. The van der Waals surface area contributed by atoms with Crippen molar-refractivity contribution in [3.63, 3.8) is 0 Å². The van der Waals surface area contributed by atoms with Crippen molar-refractivity contribution in [2.24, 2.45) is 4.99 Å². The zero-order valence-electron chi connectivity index (χ0n) is 16.7. The third-order valence-corrected chi connectivity index (χ3v) is 4.86. The van der Waals surface area contributed by atoms with Crippen LogP contribution >= 0.6 is 11.6 Å². The number of H-pyrrole nitrogens is 1. The first kappa shape index (κ1) is 20.0. The molecule has 0 saturated heterocycles. The zero-order valence-corrected chi connectivity index (χ0v) is 17.4. The van der Waals surface area contributed by atoms with Gasteiger partial charge in [0.1, 0.15) is 6.54 Å². The second-order valence-corrected chi connectivity index (χ2v) is 7.19. The molecule has 0 aliphatic heterocycles. The molecule has 0 aliphatic rings. The van der Waals surface area contributed by atoms with Crippen molar-refractivity contribution in [2.45, 2.75) is 19.9 Å². The molecular formula is C22H23ClN6O. The molecule has 0 atom stereocenters. The average molecular weight is 423 g/mol. The van der Waals surface area contributed by atoms with Crippen LogP contribution in [0, 0.1) is 0 Å². The normalized spacial score (nSPS) is 11.7. The fourth-order valence-electron chi connectivity index (χ4n) is 3.21. The van der Waals surface area contributed by atoms with Gasteiger partial charge in [-0.3, -0.25) is 0 Å². The molecule has 0 radical (unpaired) electrons. The Hall–Kier alpha value is -3.32. The highest BCUT2D eigenvalue weighted by Crippen LogP contribution is 2.20. The number of benzene rings is 2. The summed E-state index contributed by atoms with van der Waals surface area (Å²) in [4.78, 5) is 12.3. The van der Waals surface area contributed by atoms with Gasteiger partial charge in [0.05, 0.1) is 0 Å². The minimum atomic E-state index is 0.288. The molecule has 0 spiro atoms. The summed E-state index contributed by atoms with van der Waals surface area (Å²) >= 11 is 6.03. The molecule has 2 heterocycles. The van der Waals surface area contributed by atoms with E-state index in [-0.39, 0.29) is 6.54 Å². The largest absolute Gasteiger partial charge is 0.361 e. The molecule has 4 aromatic rings. The molecule has 8 heteroatoms. The van der Waals surface area contributed by atoms with Gasteiger partial charge in [0.15, 0.2) is 5.96 Å². The van der Waals surface area contributed by atoms with E-state index in [0.29, 0.717) is 22.7 Å². The molecule has 3 N–H and O–H groups in total. The first-order valence-corrected chi connectivity index (χ1v) is 10.3. The van der Waals surface area contributed by atoms with Crippen LogP contribution in [0.25, 0.3) is 22.3 Å². The number of aliphatic imine (C=N–C) groups is 1. The van der Waals surface area contributed by atoms with Gasteiger partial charge < -0.3 is 20.1 Å². The van der Waals surface area contributed by atoms with Crippen LogP contribution in [0.3, 0.4) is 0 Å². The number of guanidine groups is 1. The Morgan fingerprint density at radius 2 is 2.07 bits per heavy atom. The van der Waals surface area contributed by atoms with Gasteiger partial charge in [0.25, 0.3) is 0 Å². The van der Waals surface area contributed by atoms with Crippen LogP contribution in [0.1, 0.15) is 18.4 Å². The van der Waals surface area contributed by atoms with Gasteiger partial charge in [0.2, 0.25) is 11.7 Å². The standard InChI is InChI=1S/C22H23ClN6O/c1-2-24-22(25-11-10-16-13-26-19-9-4-3-8-18(16)19)27-14-20-28-21(29-30-20)15-6-5-7-17(23)12-15/h3-9,12-13,26H,2,10-11,14H2,1H3,(H2,24,25,27). The van der Waals surface area contributed by atoms with Gasteiger partial charge >= 0.3 is 0 Å². The van der Waals surface area contributed by atoms with Crippen LogP contribution in [-0.2, 0) is 13.0 Å². The third-order valence-electron chi connectivity index (χ3n) is 4.63. The van der Waals surface area contributed by atoms with Crippen molar-refractivity contribution in [2.75, 3.05) is 13.1 Å². The molecule has 0 unspecified atom stereocenters. The Morgan fingerprint density at radius 1 is 1.17 bits per heavy atom. The predicted octanol–water partition coefficient (Wildman–Crippen LogP) is 4.17. The summed E-state index contributed by atoms with van der Waals surface area (Å²) in [5.41, 5.74) is 3.24. The molecule has 154 valence electrons. The molecule has 2 aromatic carbocycles. The first-order valence-electron chi connectivity index (χ1n) is 9.88. The van der Waals surface area contributed by atoms with Crippen molar-refractivity contribution in [1.82, 2.24) is 25.8 Å². The van der Waals surface area contributed by atoms with Gasteiger partial charge in [-0.15, -0.1) is 0 Å². The van der Waals surface area contributed by atoms with E-state index >= 15 is 0 Å². The average Bonchev–Trinajstić information content (AvgIpc) is 3.39. The molecule has 0 amide bonds. The van der Waals surface area contributed by atoms with Crippen molar-refractivity contribution in [3.05, 3.63) is 71.2 Å². The topological polar surface area (TPSA) is 91.1 Å². The summed E-state index contributed by atoms with van der Waals surface area (Å²) < 4.78 is 5.33. The number of hydrogen-bond donors (Lipinski definition) is 3. The smallest absolute Gasteiger partial charge is 0.248 e. The lowest BCUT2D eigenvalue weighted by molar-refractivity contribution is 0.380. The number of hydrogen-bond acceptors (Lipinski definition) is 4. The molecule has 0 bridgehead atoms. The number of nitrogens with zero attached hydrogens (tertiary/aromatic N) is 3. The second kappa shape index (κ2) is 9.45. The molecule has 0 saturated carbocycles. The number of fused-ring (bicyclic) bond motifs is 1. The SMILES string of the molecule is CCNC(=NCc1nc(-c2cccc(Cl)c2)no1)NCCc1c[nH]c2ccccc12. The molecular weight excluding hydrogens is 400 g/mol. The van der Waals surface area contributed by atoms with E-state index in [9.17, 15) is 0 Å². The van der Waals surface area contributed by atoms with E-state index in [2.05, 4.69) is 55.1 Å². The highest BCUT2D eigenvalue weighted by molar-refractivity contribution is 6.30. The van der Waals surface area contributed by atoms with Gasteiger partial charge in [-0.1, -0.05) is 47.1 Å². The van der Waals surface area contributed by atoms with Crippen molar-refractivity contribution in [1.29, 1.82) is 0 Å². The molecule has 4 rings (SSSR count). The van der Waals surface area contributed by atoms with Crippen molar-refractivity contribution >= 4 is 28.5 Å². The van der Waals surface area contributed by atoms with Crippen LogP contribution in [0.4, 0.5) is 0 Å².